The molecule has 0 aliphatic carbocycles. The number of amides is 1. The van der Waals surface area contributed by atoms with Gasteiger partial charge in [0.15, 0.2) is 5.60 Å². The van der Waals surface area contributed by atoms with Crippen LogP contribution in [0.2, 0.25) is 5.02 Å². The molecule has 1 heterocycles. The molecule has 2 aromatic carbocycles. The van der Waals surface area contributed by atoms with E-state index in [-0.39, 0.29) is 5.91 Å². The number of rotatable bonds is 6. The second kappa shape index (κ2) is 7.62. The van der Waals surface area contributed by atoms with Crippen LogP contribution in [0.5, 0.6) is 5.75 Å². The fourth-order valence-electron chi connectivity index (χ4n) is 2.44. The predicted molar refractivity (Wildman–Crippen MR) is 102 cm³/mol. The Morgan fingerprint density at radius 1 is 1.15 bits per heavy atom. The second-order valence-electron chi connectivity index (χ2n) is 6.39. The number of hydrogen-bond acceptors (Lipinski definition) is 3. The van der Waals surface area contributed by atoms with E-state index in [0.29, 0.717) is 17.3 Å². The van der Waals surface area contributed by atoms with Crippen molar-refractivity contribution in [2.75, 3.05) is 0 Å². The number of nitrogens with zero attached hydrogens (tertiary/aromatic N) is 2. The summed E-state index contributed by atoms with van der Waals surface area (Å²) in [6, 6.07) is 14.9. The molecule has 0 spiro atoms. The van der Waals surface area contributed by atoms with E-state index in [9.17, 15) is 4.79 Å². The van der Waals surface area contributed by atoms with E-state index in [4.69, 9.17) is 16.3 Å². The Kier molecular flexibility index (Phi) is 5.28. The number of ether oxygens (including phenoxy) is 1. The number of carbonyl (C=O) groups is 1. The minimum absolute atomic E-state index is 0.189. The van der Waals surface area contributed by atoms with Crippen LogP contribution < -0.4 is 10.1 Å². The molecule has 3 rings (SSSR count). The van der Waals surface area contributed by atoms with Gasteiger partial charge in [0.05, 0.1) is 6.33 Å². The zero-order valence-electron chi connectivity index (χ0n) is 14.6. The molecule has 0 aliphatic heterocycles. The zero-order valence-corrected chi connectivity index (χ0v) is 15.4. The first kappa shape index (κ1) is 18.0. The third-order valence-corrected chi connectivity index (χ3v) is 4.18. The fourth-order valence-corrected chi connectivity index (χ4v) is 2.56. The van der Waals surface area contributed by atoms with Crippen LogP contribution >= 0.6 is 11.6 Å². The smallest absolute Gasteiger partial charge is 0.263 e. The lowest BCUT2D eigenvalue weighted by Crippen LogP contribution is -2.46. The van der Waals surface area contributed by atoms with Gasteiger partial charge in [0, 0.05) is 29.6 Å². The van der Waals surface area contributed by atoms with Gasteiger partial charge in [-0.3, -0.25) is 4.79 Å². The Morgan fingerprint density at radius 3 is 2.46 bits per heavy atom. The summed E-state index contributed by atoms with van der Waals surface area (Å²) in [5.74, 6) is 0.408. The zero-order chi connectivity index (χ0) is 18.6. The van der Waals surface area contributed by atoms with Crippen molar-refractivity contribution in [3.05, 3.63) is 77.8 Å². The maximum atomic E-state index is 12.5. The molecule has 5 nitrogen and oxygen atoms in total. The molecule has 134 valence electrons. The van der Waals surface area contributed by atoms with E-state index in [1.165, 1.54) is 0 Å². The van der Waals surface area contributed by atoms with E-state index >= 15 is 0 Å². The van der Waals surface area contributed by atoms with Gasteiger partial charge in [-0.25, -0.2) is 4.98 Å². The van der Waals surface area contributed by atoms with Gasteiger partial charge in [-0.05, 0) is 55.8 Å². The number of hydrogen-bond donors (Lipinski definition) is 1. The summed E-state index contributed by atoms with van der Waals surface area (Å²) in [4.78, 5) is 16.5. The summed E-state index contributed by atoms with van der Waals surface area (Å²) in [7, 11) is 0. The number of nitrogens with one attached hydrogen (secondary N) is 1. The average Bonchev–Trinajstić information content (AvgIpc) is 3.16. The van der Waals surface area contributed by atoms with Crippen molar-refractivity contribution < 1.29 is 9.53 Å². The topological polar surface area (TPSA) is 56.1 Å². The minimum atomic E-state index is -0.995. The first-order valence-corrected chi connectivity index (χ1v) is 8.62. The largest absolute Gasteiger partial charge is 0.478 e. The van der Waals surface area contributed by atoms with E-state index in [0.717, 1.165) is 11.3 Å². The van der Waals surface area contributed by atoms with Crippen molar-refractivity contribution in [1.29, 1.82) is 0 Å². The lowest BCUT2D eigenvalue weighted by molar-refractivity contribution is -0.134. The Balaban J connectivity index is 1.57. The Bertz CT molecular complexity index is 857. The summed E-state index contributed by atoms with van der Waals surface area (Å²) in [5.41, 5.74) is 1.03. The number of carbonyl (C=O) groups excluding carboxylic acids is 1. The summed E-state index contributed by atoms with van der Waals surface area (Å²) >= 11 is 5.87. The minimum Gasteiger partial charge on any atom is -0.478 e. The Labute approximate surface area is 157 Å². The normalized spacial score (nSPS) is 11.2. The number of aromatic nitrogens is 2. The molecule has 1 N–H and O–H groups in total. The lowest BCUT2D eigenvalue weighted by atomic mass is 10.1. The van der Waals surface area contributed by atoms with Gasteiger partial charge in [0.2, 0.25) is 0 Å². The molecule has 1 amide bonds. The molecule has 1 aromatic heterocycles. The molecule has 0 aliphatic rings. The molecule has 0 bridgehead atoms. The highest BCUT2D eigenvalue weighted by molar-refractivity contribution is 6.30. The maximum Gasteiger partial charge on any atom is 0.263 e. The van der Waals surface area contributed by atoms with Crippen molar-refractivity contribution in [3.63, 3.8) is 0 Å². The molecule has 3 aromatic rings. The number of imidazole rings is 1. The molecule has 26 heavy (non-hydrogen) atoms. The van der Waals surface area contributed by atoms with Gasteiger partial charge in [-0.1, -0.05) is 23.7 Å². The van der Waals surface area contributed by atoms with Crippen molar-refractivity contribution in [2.24, 2.45) is 0 Å². The van der Waals surface area contributed by atoms with E-state index in [1.54, 1.807) is 50.6 Å². The van der Waals surface area contributed by atoms with Gasteiger partial charge in [0.1, 0.15) is 5.75 Å². The summed E-state index contributed by atoms with van der Waals surface area (Å²) in [5, 5.41) is 3.54. The monoisotopic (exact) mass is 369 g/mol. The lowest BCUT2D eigenvalue weighted by Gasteiger charge is -2.25. The molecular formula is C20H20ClN3O2. The van der Waals surface area contributed by atoms with Gasteiger partial charge < -0.3 is 14.6 Å². The van der Waals surface area contributed by atoms with Crippen molar-refractivity contribution in [1.82, 2.24) is 14.9 Å². The standard InChI is InChI=1S/C20H20ClN3O2/c1-20(2,26-18-9-5-16(21)6-10-18)19(25)23-13-15-3-7-17(8-4-15)24-12-11-22-14-24/h3-12,14H,13H2,1-2H3,(H,23,25). The van der Waals surface area contributed by atoms with Gasteiger partial charge in [0.25, 0.3) is 5.91 Å². The summed E-state index contributed by atoms with van der Waals surface area (Å²) < 4.78 is 7.72. The average molecular weight is 370 g/mol. The highest BCUT2D eigenvalue weighted by Gasteiger charge is 2.29. The van der Waals surface area contributed by atoms with Crippen LogP contribution in [0.4, 0.5) is 0 Å². The first-order valence-electron chi connectivity index (χ1n) is 8.24. The van der Waals surface area contributed by atoms with Crippen LogP contribution in [-0.2, 0) is 11.3 Å². The van der Waals surface area contributed by atoms with Crippen LogP contribution in [0.15, 0.2) is 67.3 Å². The third kappa shape index (κ3) is 4.43. The van der Waals surface area contributed by atoms with Gasteiger partial charge in [-0.2, -0.15) is 0 Å². The molecule has 0 radical (unpaired) electrons. The van der Waals surface area contributed by atoms with Crippen LogP contribution in [-0.4, -0.2) is 21.1 Å². The molecule has 0 saturated carbocycles. The van der Waals surface area contributed by atoms with Crippen molar-refractivity contribution in [3.8, 4) is 11.4 Å². The predicted octanol–water partition coefficient (Wildman–Crippen LogP) is 4.00. The highest BCUT2D eigenvalue weighted by Crippen LogP contribution is 2.21. The van der Waals surface area contributed by atoms with Crippen molar-refractivity contribution in [2.45, 2.75) is 26.0 Å². The van der Waals surface area contributed by atoms with E-state index in [1.807, 2.05) is 35.0 Å². The van der Waals surface area contributed by atoms with E-state index in [2.05, 4.69) is 10.3 Å². The Hall–Kier alpha value is -2.79. The number of benzene rings is 2. The fraction of sp³-hybridized carbons (Fsp3) is 0.200. The van der Waals surface area contributed by atoms with Crippen LogP contribution in [0, 0.1) is 0 Å². The molecule has 0 unspecified atom stereocenters. The van der Waals surface area contributed by atoms with Crippen LogP contribution in [0.25, 0.3) is 5.69 Å². The van der Waals surface area contributed by atoms with Crippen molar-refractivity contribution >= 4 is 17.5 Å². The highest BCUT2D eigenvalue weighted by atomic mass is 35.5. The third-order valence-electron chi connectivity index (χ3n) is 3.93. The molecule has 0 saturated heterocycles. The first-order chi connectivity index (χ1) is 12.4. The molecule has 6 heteroatoms. The quantitative estimate of drug-likeness (QED) is 0.714. The van der Waals surface area contributed by atoms with Crippen LogP contribution in [0.1, 0.15) is 19.4 Å². The van der Waals surface area contributed by atoms with E-state index < -0.39 is 5.60 Å². The van der Waals surface area contributed by atoms with Gasteiger partial charge >= 0.3 is 0 Å². The molecule has 0 fully saturated rings. The molecule has 0 atom stereocenters. The number of halogens is 1. The van der Waals surface area contributed by atoms with Crippen LogP contribution in [0.3, 0.4) is 0 Å². The Morgan fingerprint density at radius 2 is 1.85 bits per heavy atom. The summed E-state index contributed by atoms with van der Waals surface area (Å²) in [6.45, 7) is 3.90. The SMILES string of the molecule is CC(C)(Oc1ccc(Cl)cc1)C(=O)NCc1ccc(-n2ccnc2)cc1. The maximum absolute atomic E-state index is 12.5. The van der Waals surface area contributed by atoms with Gasteiger partial charge in [-0.15, -0.1) is 0 Å². The molecular weight excluding hydrogens is 350 g/mol. The summed E-state index contributed by atoms with van der Waals surface area (Å²) in [6.07, 6.45) is 5.36. The second-order valence-corrected chi connectivity index (χ2v) is 6.82.